The zero-order valence-electron chi connectivity index (χ0n) is 7.13. The fourth-order valence-electron chi connectivity index (χ4n) is 0.297. The molecule has 17 heavy (non-hydrogen) atoms. The van der Waals surface area contributed by atoms with Crippen molar-refractivity contribution in [1.29, 1.82) is 0 Å². The zero-order valence-corrected chi connectivity index (χ0v) is 7.94. The van der Waals surface area contributed by atoms with Gasteiger partial charge in [0.2, 0.25) is 0 Å². The Labute approximate surface area is 88.4 Å². The lowest BCUT2D eigenvalue weighted by Crippen LogP contribution is -2.33. The molecule has 0 rings (SSSR count). The van der Waals surface area contributed by atoms with Gasteiger partial charge in [0.1, 0.15) is 0 Å². The fourth-order valence-corrected chi connectivity index (χ4v) is 0.891. The maximum Gasteiger partial charge on any atom is 0.506 e. The Balaban J connectivity index is 4.75. The highest BCUT2D eigenvalue weighted by Gasteiger charge is 2.48. The molecule has 0 spiro atoms. The first-order chi connectivity index (χ1) is 7.26. The van der Waals surface area contributed by atoms with E-state index in [-0.39, 0.29) is 0 Å². The molecule has 100 valence electrons. The van der Waals surface area contributed by atoms with E-state index in [2.05, 4.69) is 8.37 Å². The Hall–Kier alpha value is -1.53. The van der Waals surface area contributed by atoms with Crippen LogP contribution < -0.4 is 0 Å². The Bertz CT molecular complexity index is 383. The second-order valence-electron chi connectivity index (χ2n) is 2.15. The molecule has 0 aliphatic carbocycles. The number of halogens is 6. The Kier molecular flexibility index (Phi) is 3.99. The predicted molar refractivity (Wildman–Crippen MR) is 33.2 cm³/mol. The van der Waals surface area contributed by atoms with E-state index >= 15 is 0 Å². The average molecular weight is 290 g/mol. The van der Waals surface area contributed by atoms with Gasteiger partial charge in [-0.25, -0.2) is 9.59 Å². The largest absolute Gasteiger partial charge is 0.506 e. The van der Waals surface area contributed by atoms with Gasteiger partial charge in [-0.05, 0) is 0 Å². The first-order valence-corrected chi connectivity index (χ1v) is 4.45. The van der Waals surface area contributed by atoms with Crippen molar-refractivity contribution in [1.82, 2.24) is 0 Å². The van der Waals surface area contributed by atoms with E-state index in [1.54, 1.807) is 0 Å². The molecule has 0 bridgehead atoms. The van der Waals surface area contributed by atoms with E-state index in [1.807, 2.05) is 0 Å². The number of hydrogen-bond acceptors (Lipinski definition) is 6. The molecular formula is C4F6O6S. The molecule has 0 saturated carbocycles. The minimum absolute atomic E-state index is 2.53. The Morgan fingerprint density at radius 1 is 0.765 bits per heavy atom. The summed E-state index contributed by atoms with van der Waals surface area (Å²) in [6, 6.07) is 0. The molecule has 0 aliphatic rings. The molecule has 0 heterocycles. The molecule has 0 aromatic heterocycles. The molecule has 0 aliphatic heterocycles. The van der Waals surface area contributed by atoms with Gasteiger partial charge in [0.15, 0.2) is 0 Å². The van der Waals surface area contributed by atoms with E-state index in [4.69, 9.17) is 0 Å². The van der Waals surface area contributed by atoms with Gasteiger partial charge in [-0.1, -0.05) is 0 Å². The lowest BCUT2D eigenvalue weighted by atomic mass is 10.7. The molecule has 0 aromatic rings. The molecule has 0 unspecified atom stereocenters. The molecule has 13 heteroatoms. The molecule has 0 radical (unpaired) electrons. The first kappa shape index (κ1) is 15.5. The first-order valence-electron chi connectivity index (χ1n) is 3.12. The van der Waals surface area contributed by atoms with Crippen molar-refractivity contribution < 1.29 is 52.7 Å². The highest BCUT2D eigenvalue weighted by atomic mass is 32.3. The average Bonchev–Trinajstić information content (AvgIpc) is 1.97. The molecular weight excluding hydrogens is 290 g/mol. The summed E-state index contributed by atoms with van der Waals surface area (Å²) in [7, 11) is -6.09. The van der Waals surface area contributed by atoms with Crippen LogP contribution in [0.25, 0.3) is 0 Å². The fraction of sp³-hybridized carbons (Fsp3) is 0.500. The second-order valence-corrected chi connectivity index (χ2v) is 3.30. The van der Waals surface area contributed by atoms with Crippen molar-refractivity contribution in [3.05, 3.63) is 0 Å². The van der Waals surface area contributed by atoms with Crippen molar-refractivity contribution in [3.8, 4) is 0 Å². The third-order valence-corrected chi connectivity index (χ3v) is 1.53. The van der Waals surface area contributed by atoms with Crippen LogP contribution in [0, 0.1) is 0 Å². The van der Waals surface area contributed by atoms with Gasteiger partial charge < -0.3 is 8.37 Å². The molecule has 0 aromatic carbocycles. The van der Waals surface area contributed by atoms with E-state index in [9.17, 15) is 44.3 Å². The molecule has 0 atom stereocenters. The van der Waals surface area contributed by atoms with E-state index < -0.39 is 34.7 Å². The number of alkyl halides is 6. The standard InChI is InChI=1S/C4F6O6S/c5-3(6,7)1(11)15-17(13,14)16-2(12)4(8,9)10. The monoisotopic (exact) mass is 290 g/mol. The molecule has 0 N–H and O–H groups in total. The summed E-state index contributed by atoms with van der Waals surface area (Å²) in [5.41, 5.74) is 0. The van der Waals surface area contributed by atoms with Crippen LogP contribution in [-0.4, -0.2) is 32.7 Å². The second kappa shape index (κ2) is 4.38. The van der Waals surface area contributed by atoms with Crippen molar-refractivity contribution in [2.24, 2.45) is 0 Å². The van der Waals surface area contributed by atoms with Gasteiger partial charge in [-0.2, -0.15) is 26.3 Å². The SMILES string of the molecule is O=C(OS(=O)(=O)OC(=O)C(F)(F)F)C(F)(F)F. The van der Waals surface area contributed by atoms with Gasteiger partial charge in [-0.15, -0.1) is 8.42 Å². The third-order valence-electron chi connectivity index (χ3n) is 0.818. The summed E-state index contributed by atoms with van der Waals surface area (Å²) < 4.78 is 94.3. The van der Waals surface area contributed by atoms with Gasteiger partial charge in [0, 0.05) is 0 Å². The van der Waals surface area contributed by atoms with Gasteiger partial charge >= 0.3 is 34.7 Å². The van der Waals surface area contributed by atoms with Crippen LogP contribution in [0.2, 0.25) is 0 Å². The maximum atomic E-state index is 11.4. The lowest BCUT2D eigenvalue weighted by Gasteiger charge is -2.08. The molecule has 6 nitrogen and oxygen atoms in total. The normalized spacial score (nSPS) is 13.1. The summed E-state index contributed by atoms with van der Waals surface area (Å²) in [5, 5.41) is 0. The summed E-state index contributed by atoms with van der Waals surface area (Å²) in [6.07, 6.45) is -11.6. The third kappa shape index (κ3) is 5.37. The van der Waals surface area contributed by atoms with Crippen molar-refractivity contribution in [2.75, 3.05) is 0 Å². The van der Waals surface area contributed by atoms with Crippen LogP contribution in [0.4, 0.5) is 26.3 Å². The number of hydrogen-bond donors (Lipinski definition) is 0. The Morgan fingerprint density at radius 2 is 1.00 bits per heavy atom. The number of carbonyl (C=O) groups excluding carboxylic acids is 2. The lowest BCUT2D eigenvalue weighted by molar-refractivity contribution is -0.194. The van der Waals surface area contributed by atoms with Gasteiger partial charge in [0.05, 0.1) is 0 Å². The van der Waals surface area contributed by atoms with Crippen LogP contribution in [-0.2, 0) is 28.4 Å². The quantitative estimate of drug-likeness (QED) is 0.686. The van der Waals surface area contributed by atoms with Crippen LogP contribution in [0.1, 0.15) is 0 Å². The summed E-state index contributed by atoms with van der Waals surface area (Å²) in [6.45, 7) is 0. The van der Waals surface area contributed by atoms with Gasteiger partial charge in [-0.3, -0.25) is 0 Å². The van der Waals surface area contributed by atoms with Crippen LogP contribution in [0.5, 0.6) is 0 Å². The van der Waals surface area contributed by atoms with E-state index in [1.165, 1.54) is 0 Å². The summed E-state index contributed by atoms with van der Waals surface area (Å²) in [4.78, 5) is 19.8. The molecule has 0 fully saturated rings. The summed E-state index contributed by atoms with van der Waals surface area (Å²) in [5.74, 6) is -6.71. The van der Waals surface area contributed by atoms with Crippen molar-refractivity contribution in [2.45, 2.75) is 12.4 Å². The van der Waals surface area contributed by atoms with Crippen LogP contribution in [0.3, 0.4) is 0 Å². The summed E-state index contributed by atoms with van der Waals surface area (Å²) >= 11 is 0. The highest BCUT2D eigenvalue weighted by Crippen LogP contribution is 2.21. The molecule has 0 amide bonds. The number of rotatable bonds is 2. The number of carbonyl (C=O) groups is 2. The zero-order chi connectivity index (χ0) is 14.1. The smallest absolute Gasteiger partial charge is 0.307 e. The van der Waals surface area contributed by atoms with Crippen molar-refractivity contribution in [3.63, 3.8) is 0 Å². The van der Waals surface area contributed by atoms with E-state index in [0.29, 0.717) is 0 Å². The van der Waals surface area contributed by atoms with Gasteiger partial charge in [0.25, 0.3) is 0 Å². The highest BCUT2D eigenvalue weighted by molar-refractivity contribution is 7.82. The van der Waals surface area contributed by atoms with Crippen LogP contribution >= 0.6 is 0 Å². The van der Waals surface area contributed by atoms with Crippen LogP contribution in [0.15, 0.2) is 0 Å². The Morgan fingerprint density at radius 3 is 1.18 bits per heavy atom. The maximum absolute atomic E-state index is 11.4. The minimum atomic E-state index is -6.09. The van der Waals surface area contributed by atoms with Crippen molar-refractivity contribution >= 4 is 22.3 Å². The topological polar surface area (TPSA) is 86.7 Å². The molecule has 0 saturated heterocycles. The van der Waals surface area contributed by atoms with E-state index in [0.717, 1.165) is 0 Å². The minimum Gasteiger partial charge on any atom is -0.307 e. The predicted octanol–water partition coefficient (Wildman–Crippen LogP) is 0.442.